The van der Waals surface area contributed by atoms with Crippen molar-refractivity contribution < 1.29 is 9.47 Å². The van der Waals surface area contributed by atoms with Gasteiger partial charge in [0.25, 0.3) is 0 Å². The van der Waals surface area contributed by atoms with Crippen molar-refractivity contribution in [3.05, 3.63) is 78.2 Å². The van der Waals surface area contributed by atoms with E-state index in [1.165, 1.54) is 5.56 Å². The molecule has 1 radical (unpaired) electrons. The molecule has 2 nitrogen and oxygen atoms in total. The number of rotatable bonds is 6. The van der Waals surface area contributed by atoms with Gasteiger partial charge in [0.15, 0.2) is 5.79 Å². The molecule has 2 heteroatoms. The fourth-order valence-electron chi connectivity index (χ4n) is 2.14. The molecule has 0 aliphatic rings. The molecule has 0 saturated heterocycles. The van der Waals surface area contributed by atoms with Crippen LogP contribution in [-0.4, -0.2) is 14.2 Å². The minimum atomic E-state index is -0.795. The van der Waals surface area contributed by atoms with Gasteiger partial charge >= 0.3 is 0 Å². The first kappa shape index (κ1) is 13.8. The minimum absolute atomic E-state index is 0.789. The topological polar surface area (TPSA) is 18.5 Å². The van der Waals surface area contributed by atoms with Crippen LogP contribution < -0.4 is 0 Å². The van der Waals surface area contributed by atoms with Gasteiger partial charge in [0.1, 0.15) is 0 Å². The second kappa shape index (κ2) is 6.50. The van der Waals surface area contributed by atoms with Crippen LogP contribution in [0, 0.1) is 6.42 Å². The quantitative estimate of drug-likeness (QED) is 0.734. The van der Waals surface area contributed by atoms with Gasteiger partial charge in [0.2, 0.25) is 0 Å². The lowest BCUT2D eigenvalue weighted by atomic mass is 9.97. The Hall–Kier alpha value is -1.64. The summed E-state index contributed by atoms with van der Waals surface area (Å²) >= 11 is 0. The van der Waals surface area contributed by atoms with E-state index in [-0.39, 0.29) is 0 Å². The molecule has 0 unspecified atom stereocenters. The van der Waals surface area contributed by atoms with Gasteiger partial charge in [-0.3, -0.25) is 0 Å². The first-order valence-electron chi connectivity index (χ1n) is 6.35. The molecule has 99 valence electrons. The van der Waals surface area contributed by atoms with Gasteiger partial charge in [-0.15, -0.1) is 0 Å². The Morgan fingerprint density at radius 3 is 1.89 bits per heavy atom. The third-order valence-electron chi connectivity index (χ3n) is 3.23. The van der Waals surface area contributed by atoms with Crippen LogP contribution in [0.3, 0.4) is 0 Å². The summed E-state index contributed by atoms with van der Waals surface area (Å²) in [7, 11) is 3.33. The number of ether oxygens (including phenoxy) is 2. The van der Waals surface area contributed by atoms with Crippen molar-refractivity contribution in [2.75, 3.05) is 14.2 Å². The Labute approximate surface area is 115 Å². The fourth-order valence-corrected chi connectivity index (χ4v) is 2.14. The molecule has 0 N–H and O–H groups in total. The maximum Gasteiger partial charge on any atom is 0.197 e. The van der Waals surface area contributed by atoms with Crippen LogP contribution >= 0.6 is 0 Å². The van der Waals surface area contributed by atoms with Crippen molar-refractivity contribution in [1.29, 1.82) is 0 Å². The van der Waals surface area contributed by atoms with Gasteiger partial charge in [-0.25, -0.2) is 0 Å². The van der Waals surface area contributed by atoms with E-state index in [0.717, 1.165) is 12.0 Å². The Balaban J connectivity index is 2.16. The molecule has 0 heterocycles. The fraction of sp³-hybridized carbons (Fsp3) is 0.235. The van der Waals surface area contributed by atoms with E-state index in [9.17, 15) is 0 Å². The van der Waals surface area contributed by atoms with Crippen molar-refractivity contribution in [3.63, 3.8) is 0 Å². The van der Waals surface area contributed by atoms with E-state index in [2.05, 4.69) is 18.6 Å². The summed E-state index contributed by atoms with van der Waals surface area (Å²) in [5.41, 5.74) is 2.23. The Morgan fingerprint density at radius 2 is 1.37 bits per heavy atom. The van der Waals surface area contributed by atoms with Crippen LogP contribution in [0.2, 0.25) is 0 Å². The van der Waals surface area contributed by atoms with E-state index in [4.69, 9.17) is 9.47 Å². The standard InChI is InChI=1S/C17H19O2/c1-18-17(19-2,16-11-7-4-8-12-16)14-13-15-9-5-3-6-10-15/h3-12,14H,13H2,1-2H3. The summed E-state index contributed by atoms with van der Waals surface area (Å²) in [5, 5.41) is 0. The third kappa shape index (κ3) is 3.22. The van der Waals surface area contributed by atoms with Gasteiger partial charge in [-0.05, 0) is 12.0 Å². The largest absolute Gasteiger partial charge is 0.349 e. The molecule has 0 fully saturated rings. The molecule has 19 heavy (non-hydrogen) atoms. The average molecular weight is 255 g/mol. The van der Waals surface area contributed by atoms with E-state index < -0.39 is 5.79 Å². The smallest absolute Gasteiger partial charge is 0.197 e. The van der Waals surface area contributed by atoms with Crippen molar-refractivity contribution in [1.82, 2.24) is 0 Å². The molecule has 0 saturated carbocycles. The minimum Gasteiger partial charge on any atom is -0.349 e. The lowest BCUT2D eigenvalue weighted by molar-refractivity contribution is -0.191. The SMILES string of the molecule is COC([CH]Cc1ccccc1)(OC)c1ccccc1. The molecule has 0 atom stereocenters. The molecule has 0 aromatic heterocycles. The zero-order chi connectivity index (χ0) is 13.6. The summed E-state index contributed by atoms with van der Waals surface area (Å²) in [6, 6.07) is 20.2. The van der Waals surface area contributed by atoms with Crippen LogP contribution in [0.5, 0.6) is 0 Å². The van der Waals surface area contributed by atoms with Crippen LogP contribution in [-0.2, 0) is 21.7 Å². The summed E-state index contributed by atoms with van der Waals surface area (Å²) < 4.78 is 11.2. The first-order valence-corrected chi connectivity index (χ1v) is 6.35. The van der Waals surface area contributed by atoms with Gasteiger partial charge < -0.3 is 9.47 Å². The highest BCUT2D eigenvalue weighted by atomic mass is 16.7. The molecule has 0 aliphatic carbocycles. The molecule has 2 aromatic rings. The van der Waals surface area contributed by atoms with E-state index in [1.54, 1.807) is 14.2 Å². The first-order chi connectivity index (χ1) is 9.30. The third-order valence-corrected chi connectivity index (χ3v) is 3.23. The Kier molecular flexibility index (Phi) is 4.72. The second-order valence-electron chi connectivity index (χ2n) is 4.34. The Morgan fingerprint density at radius 1 is 0.842 bits per heavy atom. The molecular formula is C17H19O2. The van der Waals surface area contributed by atoms with Crippen molar-refractivity contribution in [2.24, 2.45) is 0 Å². The summed E-state index contributed by atoms with van der Waals surface area (Å²) in [6.45, 7) is 0. The van der Waals surface area contributed by atoms with E-state index in [1.807, 2.05) is 48.5 Å². The van der Waals surface area contributed by atoms with E-state index in [0.29, 0.717) is 0 Å². The predicted molar refractivity (Wildman–Crippen MR) is 76.6 cm³/mol. The Bertz CT molecular complexity index is 475. The van der Waals surface area contributed by atoms with Crippen molar-refractivity contribution in [2.45, 2.75) is 12.2 Å². The highest BCUT2D eigenvalue weighted by Gasteiger charge is 2.31. The number of benzene rings is 2. The van der Waals surface area contributed by atoms with Crippen LogP contribution in [0.15, 0.2) is 60.7 Å². The maximum absolute atomic E-state index is 5.62. The number of hydrogen-bond donors (Lipinski definition) is 0. The predicted octanol–water partition coefficient (Wildman–Crippen LogP) is 3.58. The molecular weight excluding hydrogens is 236 g/mol. The molecule has 0 bridgehead atoms. The zero-order valence-electron chi connectivity index (χ0n) is 11.4. The average Bonchev–Trinajstić information content (AvgIpc) is 2.51. The zero-order valence-corrected chi connectivity index (χ0v) is 11.4. The maximum atomic E-state index is 5.62. The summed E-state index contributed by atoms with van der Waals surface area (Å²) in [6.07, 6.45) is 2.84. The van der Waals surface area contributed by atoms with Crippen LogP contribution in [0.25, 0.3) is 0 Å². The summed E-state index contributed by atoms with van der Waals surface area (Å²) in [5.74, 6) is -0.795. The van der Waals surface area contributed by atoms with Gasteiger partial charge in [-0.1, -0.05) is 60.7 Å². The molecule has 0 spiro atoms. The van der Waals surface area contributed by atoms with Crippen LogP contribution in [0.1, 0.15) is 11.1 Å². The van der Waals surface area contributed by atoms with Gasteiger partial charge in [-0.2, -0.15) is 0 Å². The van der Waals surface area contributed by atoms with Crippen molar-refractivity contribution in [3.8, 4) is 0 Å². The monoisotopic (exact) mass is 255 g/mol. The highest BCUT2D eigenvalue weighted by molar-refractivity contribution is 5.26. The number of hydrogen-bond acceptors (Lipinski definition) is 2. The summed E-state index contributed by atoms with van der Waals surface area (Å²) in [4.78, 5) is 0. The molecule has 0 aliphatic heterocycles. The lowest BCUT2D eigenvalue weighted by Gasteiger charge is -2.31. The van der Waals surface area contributed by atoms with E-state index >= 15 is 0 Å². The molecule has 0 amide bonds. The lowest BCUT2D eigenvalue weighted by Crippen LogP contribution is -2.32. The van der Waals surface area contributed by atoms with Gasteiger partial charge in [0.05, 0.1) is 0 Å². The molecule has 2 rings (SSSR count). The van der Waals surface area contributed by atoms with Crippen LogP contribution in [0.4, 0.5) is 0 Å². The van der Waals surface area contributed by atoms with Crippen molar-refractivity contribution >= 4 is 0 Å². The molecule has 2 aromatic carbocycles. The highest BCUT2D eigenvalue weighted by Crippen LogP contribution is 2.30. The normalized spacial score (nSPS) is 11.5. The second-order valence-corrected chi connectivity index (χ2v) is 4.34. The van der Waals surface area contributed by atoms with Gasteiger partial charge in [0, 0.05) is 26.2 Å². The number of methoxy groups -OCH3 is 2.